The largest absolute Gasteiger partial charge is 0.493 e. The average Bonchev–Trinajstić information content (AvgIpc) is 2.90. The molecule has 0 bridgehead atoms. The molecule has 19 heavy (non-hydrogen) atoms. The predicted molar refractivity (Wildman–Crippen MR) is 68.9 cm³/mol. The van der Waals surface area contributed by atoms with Gasteiger partial charge < -0.3 is 9.47 Å². The Morgan fingerprint density at radius 1 is 1.26 bits per heavy atom. The second-order valence-corrected chi connectivity index (χ2v) is 3.66. The Kier molecular flexibility index (Phi) is 4.12. The molecule has 0 aliphatic carbocycles. The summed E-state index contributed by atoms with van der Waals surface area (Å²) in [4.78, 5) is 15.6. The summed E-state index contributed by atoms with van der Waals surface area (Å²) in [5.74, 6) is 0.657. The van der Waals surface area contributed by atoms with Crippen LogP contribution in [0.25, 0.3) is 11.4 Å². The molecule has 1 heterocycles. The highest BCUT2D eigenvalue weighted by Gasteiger charge is 2.16. The number of hydrogen-bond donors (Lipinski definition) is 1. The Morgan fingerprint density at radius 2 is 2.05 bits per heavy atom. The maximum Gasteiger partial charge on any atom is 0.375 e. The van der Waals surface area contributed by atoms with E-state index in [4.69, 9.17) is 9.47 Å². The number of rotatable bonds is 5. The molecule has 0 spiro atoms. The third kappa shape index (κ3) is 2.90. The monoisotopic (exact) mass is 261 g/mol. The Balaban J connectivity index is 2.30. The van der Waals surface area contributed by atoms with E-state index in [0.717, 1.165) is 5.56 Å². The van der Waals surface area contributed by atoms with Gasteiger partial charge >= 0.3 is 5.97 Å². The molecule has 0 fully saturated rings. The minimum absolute atomic E-state index is 0.0863. The van der Waals surface area contributed by atoms with Crippen molar-refractivity contribution in [1.82, 2.24) is 15.2 Å². The van der Waals surface area contributed by atoms with Crippen molar-refractivity contribution < 1.29 is 14.3 Å². The number of para-hydroxylation sites is 1. The lowest BCUT2D eigenvalue weighted by Gasteiger charge is -2.06. The van der Waals surface area contributed by atoms with Crippen molar-refractivity contribution in [2.45, 2.75) is 13.8 Å². The van der Waals surface area contributed by atoms with Gasteiger partial charge in [-0.25, -0.2) is 9.78 Å². The molecule has 0 saturated heterocycles. The van der Waals surface area contributed by atoms with E-state index in [1.54, 1.807) is 6.92 Å². The van der Waals surface area contributed by atoms with Crippen LogP contribution in [0, 0.1) is 0 Å². The van der Waals surface area contributed by atoms with Gasteiger partial charge in [0, 0.05) is 0 Å². The second-order valence-electron chi connectivity index (χ2n) is 3.66. The molecule has 1 N–H and O–H groups in total. The number of nitrogens with zero attached hydrogens (tertiary/aromatic N) is 2. The minimum atomic E-state index is -0.518. The normalized spacial score (nSPS) is 10.2. The smallest absolute Gasteiger partial charge is 0.375 e. The van der Waals surface area contributed by atoms with E-state index in [2.05, 4.69) is 15.2 Å². The quantitative estimate of drug-likeness (QED) is 0.833. The van der Waals surface area contributed by atoms with Crippen LogP contribution in [0.1, 0.15) is 24.5 Å². The predicted octanol–water partition coefficient (Wildman–Crippen LogP) is 2.05. The van der Waals surface area contributed by atoms with Gasteiger partial charge in [0.15, 0.2) is 5.82 Å². The van der Waals surface area contributed by atoms with Gasteiger partial charge in [0.2, 0.25) is 5.82 Å². The number of aromatic amines is 1. The number of esters is 1. The first-order chi connectivity index (χ1) is 9.26. The molecule has 0 saturated carbocycles. The Bertz CT molecular complexity index is 566. The number of nitrogens with one attached hydrogen (secondary N) is 1. The summed E-state index contributed by atoms with van der Waals surface area (Å²) in [6, 6.07) is 7.40. The molecular formula is C13H15N3O3. The lowest BCUT2D eigenvalue weighted by Crippen LogP contribution is -2.06. The van der Waals surface area contributed by atoms with Crippen LogP contribution in [0.15, 0.2) is 24.3 Å². The van der Waals surface area contributed by atoms with Crippen molar-refractivity contribution in [3.8, 4) is 17.1 Å². The highest BCUT2D eigenvalue weighted by atomic mass is 16.5. The fourth-order valence-corrected chi connectivity index (χ4v) is 1.61. The molecule has 0 unspecified atom stereocenters. The number of carbonyl (C=O) groups is 1. The van der Waals surface area contributed by atoms with Gasteiger partial charge in [-0.1, -0.05) is 12.1 Å². The van der Waals surface area contributed by atoms with Crippen LogP contribution in [0.5, 0.6) is 5.75 Å². The first-order valence-corrected chi connectivity index (χ1v) is 6.08. The van der Waals surface area contributed by atoms with Gasteiger partial charge in [0.1, 0.15) is 5.75 Å². The van der Waals surface area contributed by atoms with Crippen molar-refractivity contribution in [3.63, 3.8) is 0 Å². The topological polar surface area (TPSA) is 77.1 Å². The summed E-state index contributed by atoms with van der Waals surface area (Å²) in [5, 5.41) is 6.58. The van der Waals surface area contributed by atoms with Crippen molar-refractivity contribution in [3.05, 3.63) is 30.1 Å². The summed E-state index contributed by atoms with van der Waals surface area (Å²) in [7, 11) is 0. The maximum atomic E-state index is 11.5. The molecule has 2 rings (SSSR count). The van der Waals surface area contributed by atoms with Gasteiger partial charge in [-0.15, -0.1) is 0 Å². The number of H-pyrrole nitrogens is 1. The lowest BCUT2D eigenvalue weighted by atomic mass is 10.2. The molecule has 0 aliphatic rings. The lowest BCUT2D eigenvalue weighted by molar-refractivity contribution is 0.0512. The number of benzene rings is 1. The van der Waals surface area contributed by atoms with Crippen LogP contribution in [0.3, 0.4) is 0 Å². The van der Waals surface area contributed by atoms with Gasteiger partial charge in [-0.2, -0.15) is 5.10 Å². The van der Waals surface area contributed by atoms with Crippen LogP contribution in [0.4, 0.5) is 0 Å². The number of aromatic nitrogens is 3. The Labute approximate surface area is 110 Å². The molecule has 1 aromatic heterocycles. The highest BCUT2D eigenvalue weighted by molar-refractivity contribution is 5.85. The van der Waals surface area contributed by atoms with E-state index in [-0.39, 0.29) is 5.82 Å². The van der Waals surface area contributed by atoms with E-state index in [9.17, 15) is 4.79 Å². The Morgan fingerprint density at radius 3 is 2.79 bits per heavy atom. The second kappa shape index (κ2) is 5.99. The van der Waals surface area contributed by atoms with Crippen LogP contribution in [-0.2, 0) is 4.74 Å². The zero-order valence-electron chi connectivity index (χ0n) is 10.8. The van der Waals surface area contributed by atoms with Gasteiger partial charge in [0.25, 0.3) is 0 Å². The molecule has 0 atom stereocenters. The summed E-state index contributed by atoms with van der Waals surface area (Å²) in [5.41, 5.74) is 0.733. The molecule has 2 aromatic rings. The Hall–Kier alpha value is -2.37. The molecule has 100 valence electrons. The van der Waals surface area contributed by atoms with Crippen molar-refractivity contribution in [2.75, 3.05) is 13.2 Å². The number of ether oxygens (including phenoxy) is 2. The zero-order valence-corrected chi connectivity index (χ0v) is 10.8. The standard InChI is InChI=1S/C13H15N3O3/c1-3-18-10-8-6-5-7-9(10)11-14-12(16-15-11)13(17)19-4-2/h5-8H,3-4H2,1-2H3,(H,14,15,16). The number of hydrogen-bond acceptors (Lipinski definition) is 5. The van der Waals surface area contributed by atoms with Gasteiger partial charge in [-0.05, 0) is 26.0 Å². The van der Waals surface area contributed by atoms with E-state index in [1.165, 1.54) is 0 Å². The van der Waals surface area contributed by atoms with Crippen LogP contribution >= 0.6 is 0 Å². The zero-order chi connectivity index (χ0) is 13.7. The third-order valence-electron chi connectivity index (χ3n) is 2.38. The van der Waals surface area contributed by atoms with Crippen molar-refractivity contribution in [2.24, 2.45) is 0 Å². The summed E-state index contributed by atoms with van der Waals surface area (Å²) < 4.78 is 10.3. The van der Waals surface area contributed by atoms with Crippen molar-refractivity contribution in [1.29, 1.82) is 0 Å². The molecule has 0 amide bonds. The average molecular weight is 261 g/mol. The molecular weight excluding hydrogens is 246 g/mol. The van der Waals surface area contributed by atoms with Gasteiger partial charge in [-0.3, -0.25) is 5.10 Å². The van der Waals surface area contributed by atoms with Gasteiger partial charge in [0.05, 0.1) is 18.8 Å². The SMILES string of the molecule is CCOC(=O)c1nc(-c2ccccc2OCC)n[nH]1. The molecule has 0 radical (unpaired) electrons. The number of carbonyl (C=O) groups excluding carboxylic acids is 1. The summed E-state index contributed by atoms with van der Waals surface area (Å²) in [6.45, 7) is 4.48. The molecule has 6 heteroatoms. The molecule has 1 aromatic carbocycles. The molecule has 0 aliphatic heterocycles. The molecule has 6 nitrogen and oxygen atoms in total. The van der Waals surface area contributed by atoms with E-state index < -0.39 is 5.97 Å². The van der Waals surface area contributed by atoms with E-state index >= 15 is 0 Å². The first kappa shape index (κ1) is 13.1. The van der Waals surface area contributed by atoms with Crippen LogP contribution < -0.4 is 4.74 Å². The van der Waals surface area contributed by atoms with Crippen LogP contribution in [-0.4, -0.2) is 34.4 Å². The fourth-order valence-electron chi connectivity index (χ4n) is 1.61. The van der Waals surface area contributed by atoms with E-state index in [0.29, 0.717) is 24.8 Å². The summed E-state index contributed by atoms with van der Waals surface area (Å²) >= 11 is 0. The van der Waals surface area contributed by atoms with E-state index in [1.807, 2.05) is 31.2 Å². The minimum Gasteiger partial charge on any atom is -0.493 e. The summed E-state index contributed by atoms with van der Waals surface area (Å²) in [6.07, 6.45) is 0. The highest BCUT2D eigenvalue weighted by Crippen LogP contribution is 2.26. The third-order valence-corrected chi connectivity index (χ3v) is 2.38. The maximum absolute atomic E-state index is 11.5. The fraction of sp³-hybridized carbons (Fsp3) is 0.308. The van der Waals surface area contributed by atoms with Crippen LogP contribution in [0.2, 0.25) is 0 Å². The first-order valence-electron chi connectivity index (χ1n) is 6.08. The van der Waals surface area contributed by atoms with Crippen molar-refractivity contribution >= 4 is 5.97 Å².